The Hall–Kier alpha value is -1.11. The fourth-order valence-electron chi connectivity index (χ4n) is 2.08. The molecule has 0 spiro atoms. The van der Waals surface area contributed by atoms with E-state index in [4.69, 9.17) is 10.5 Å². The van der Waals surface area contributed by atoms with Crippen molar-refractivity contribution in [1.29, 1.82) is 0 Å². The fourth-order valence-corrected chi connectivity index (χ4v) is 3.33. The van der Waals surface area contributed by atoms with Crippen LogP contribution in [0.2, 0.25) is 0 Å². The fraction of sp³-hybridized carbons (Fsp3) is 0.600. The van der Waals surface area contributed by atoms with Crippen molar-refractivity contribution in [3.05, 3.63) is 24.3 Å². The van der Waals surface area contributed by atoms with Crippen molar-refractivity contribution in [2.75, 3.05) is 13.2 Å². The lowest BCUT2D eigenvalue weighted by Gasteiger charge is -2.16. The molecule has 21 heavy (non-hydrogen) atoms. The van der Waals surface area contributed by atoms with E-state index in [2.05, 4.69) is 18.6 Å². The molecule has 6 heteroatoms. The van der Waals surface area contributed by atoms with E-state index in [0.717, 1.165) is 12.8 Å². The second-order valence-corrected chi connectivity index (χ2v) is 7.33. The Kier molecular flexibility index (Phi) is 7.14. The van der Waals surface area contributed by atoms with Gasteiger partial charge in [-0.25, -0.2) is 13.1 Å². The van der Waals surface area contributed by atoms with Crippen LogP contribution in [-0.2, 0) is 10.0 Å². The largest absolute Gasteiger partial charge is 0.494 e. The Morgan fingerprint density at radius 3 is 2.33 bits per heavy atom. The molecule has 0 aliphatic carbocycles. The van der Waals surface area contributed by atoms with Crippen molar-refractivity contribution in [2.45, 2.75) is 44.6 Å². The molecule has 0 radical (unpaired) electrons. The third-order valence-electron chi connectivity index (χ3n) is 2.93. The summed E-state index contributed by atoms with van der Waals surface area (Å²) in [6.07, 6.45) is 1.58. The van der Waals surface area contributed by atoms with E-state index in [9.17, 15) is 8.42 Å². The summed E-state index contributed by atoms with van der Waals surface area (Å²) in [5.74, 6) is 1.10. The highest BCUT2D eigenvalue weighted by atomic mass is 32.2. The van der Waals surface area contributed by atoms with Crippen LogP contribution in [-0.4, -0.2) is 27.6 Å². The summed E-state index contributed by atoms with van der Waals surface area (Å²) in [7, 11) is -3.47. The van der Waals surface area contributed by atoms with Crippen LogP contribution in [0.1, 0.15) is 33.6 Å². The van der Waals surface area contributed by atoms with Gasteiger partial charge in [0.2, 0.25) is 10.0 Å². The molecule has 0 saturated carbocycles. The summed E-state index contributed by atoms with van der Waals surface area (Å²) in [5.41, 5.74) is 5.39. The first-order chi connectivity index (χ1) is 9.85. The third-order valence-corrected chi connectivity index (χ3v) is 4.54. The zero-order valence-corrected chi connectivity index (χ0v) is 13.8. The van der Waals surface area contributed by atoms with E-state index in [-0.39, 0.29) is 10.9 Å². The van der Waals surface area contributed by atoms with Crippen LogP contribution >= 0.6 is 0 Å². The quantitative estimate of drug-likeness (QED) is 0.684. The number of ether oxygens (including phenoxy) is 1. The molecule has 0 aromatic heterocycles. The molecule has 1 rings (SSSR count). The van der Waals surface area contributed by atoms with Crippen LogP contribution in [0, 0.1) is 5.92 Å². The van der Waals surface area contributed by atoms with Crippen LogP contribution in [0.25, 0.3) is 0 Å². The molecular formula is C15H26N2O3S. The van der Waals surface area contributed by atoms with Gasteiger partial charge in [-0.3, -0.25) is 0 Å². The number of sulfonamides is 1. The van der Waals surface area contributed by atoms with Gasteiger partial charge in [0.25, 0.3) is 0 Å². The van der Waals surface area contributed by atoms with Gasteiger partial charge in [-0.2, -0.15) is 0 Å². The van der Waals surface area contributed by atoms with Crippen LogP contribution in [0.3, 0.4) is 0 Å². The summed E-state index contributed by atoms with van der Waals surface area (Å²) in [6, 6.07) is 6.36. The average Bonchev–Trinajstić information content (AvgIpc) is 2.38. The molecular weight excluding hydrogens is 288 g/mol. The number of nitrogens with two attached hydrogens (primary N) is 1. The third kappa shape index (κ3) is 6.46. The molecule has 0 amide bonds. The smallest absolute Gasteiger partial charge is 0.240 e. The molecule has 1 atom stereocenters. The van der Waals surface area contributed by atoms with Gasteiger partial charge in [0.05, 0.1) is 11.5 Å². The number of rotatable bonds is 9. The van der Waals surface area contributed by atoms with Crippen LogP contribution in [0.5, 0.6) is 5.75 Å². The van der Waals surface area contributed by atoms with Crippen LogP contribution < -0.4 is 15.2 Å². The molecule has 3 N–H and O–H groups in total. The number of hydrogen-bond donors (Lipinski definition) is 2. The molecule has 1 aromatic rings. The van der Waals surface area contributed by atoms with Gasteiger partial charge >= 0.3 is 0 Å². The van der Waals surface area contributed by atoms with Gasteiger partial charge in [-0.1, -0.05) is 13.8 Å². The molecule has 5 nitrogen and oxygen atoms in total. The zero-order valence-electron chi connectivity index (χ0n) is 13.0. The maximum Gasteiger partial charge on any atom is 0.240 e. The lowest BCUT2D eigenvalue weighted by atomic mass is 10.1. The second-order valence-electron chi connectivity index (χ2n) is 5.61. The molecule has 0 heterocycles. The summed E-state index contributed by atoms with van der Waals surface area (Å²) in [4.78, 5) is 0.254. The van der Waals surface area contributed by atoms with Crippen molar-refractivity contribution < 1.29 is 13.2 Å². The first kappa shape index (κ1) is 17.9. The average molecular weight is 314 g/mol. The van der Waals surface area contributed by atoms with Gasteiger partial charge in [0.1, 0.15) is 5.75 Å². The monoisotopic (exact) mass is 314 g/mol. The molecule has 0 saturated heterocycles. The van der Waals surface area contributed by atoms with E-state index >= 15 is 0 Å². The molecule has 0 fully saturated rings. The highest BCUT2D eigenvalue weighted by molar-refractivity contribution is 7.89. The summed E-state index contributed by atoms with van der Waals surface area (Å²) in [6.45, 7) is 7.12. The number of hydrogen-bond acceptors (Lipinski definition) is 4. The van der Waals surface area contributed by atoms with Crippen molar-refractivity contribution >= 4 is 10.0 Å². The van der Waals surface area contributed by atoms with E-state index < -0.39 is 10.0 Å². The molecule has 1 aromatic carbocycles. The number of nitrogens with one attached hydrogen (secondary N) is 1. The van der Waals surface area contributed by atoms with Gasteiger partial charge < -0.3 is 10.5 Å². The first-order valence-electron chi connectivity index (χ1n) is 7.30. The Labute approximate surface area is 127 Å². The summed E-state index contributed by atoms with van der Waals surface area (Å²) >= 11 is 0. The zero-order chi connectivity index (χ0) is 15.9. The van der Waals surface area contributed by atoms with Crippen molar-refractivity contribution in [3.63, 3.8) is 0 Å². The standard InChI is InChI=1S/C15H26N2O3S/c1-12(2)11-13(3)17-21(18,19)15-7-5-14(6-8-15)20-10-4-9-16/h5-8,12-13,17H,4,9-11,16H2,1-3H3. The molecule has 0 aliphatic heterocycles. The van der Waals surface area contributed by atoms with Gasteiger partial charge in [0.15, 0.2) is 0 Å². The van der Waals surface area contributed by atoms with E-state index in [1.165, 1.54) is 0 Å². The highest BCUT2D eigenvalue weighted by Gasteiger charge is 2.17. The van der Waals surface area contributed by atoms with Crippen LogP contribution in [0.15, 0.2) is 29.2 Å². The second kappa shape index (κ2) is 8.36. The topological polar surface area (TPSA) is 81.4 Å². The predicted octanol–water partition coefficient (Wildman–Crippen LogP) is 2.13. The Morgan fingerprint density at radius 2 is 1.81 bits per heavy atom. The minimum absolute atomic E-state index is 0.0875. The summed E-state index contributed by atoms with van der Waals surface area (Å²) < 4.78 is 32.6. The first-order valence-corrected chi connectivity index (χ1v) is 8.78. The van der Waals surface area contributed by atoms with Crippen LogP contribution in [0.4, 0.5) is 0 Å². The maximum atomic E-state index is 12.2. The Bertz CT molecular complexity index is 512. The van der Waals surface area contributed by atoms with Crippen molar-refractivity contribution in [3.8, 4) is 5.75 Å². The van der Waals surface area contributed by atoms with Gasteiger partial charge in [0, 0.05) is 6.04 Å². The molecule has 0 aliphatic rings. The summed E-state index contributed by atoms with van der Waals surface area (Å²) in [5, 5.41) is 0. The van der Waals surface area contributed by atoms with E-state index in [0.29, 0.717) is 24.8 Å². The number of benzene rings is 1. The molecule has 120 valence electrons. The normalized spacial score (nSPS) is 13.4. The van der Waals surface area contributed by atoms with E-state index in [1.807, 2.05) is 6.92 Å². The minimum atomic E-state index is -3.47. The van der Waals surface area contributed by atoms with Crippen molar-refractivity contribution in [2.24, 2.45) is 11.7 Å². The predicted molar refractivity (Wildman–Crippen MR) is 84.8 cm³/mol. The minimum Gasteiger partial charge on any atom is -0.494 e. The van der Waals surface area contributed by atoms with Gasteiger partial charge in [-0.15, -0.1) is 0 Å². The SMILES string of the molecule is CC(C)CC(C)NS(=O)(=O)c1ccc(OCCCN)cc1. The molecule has 0 bridgehead atoms. The Balaban J connectivity index is 2.66. The Morgan fingerprint density at radius 1 is 1.19 bits per heavy atom. The van der Waals surface area contributed by atoms with Crippen molar-refractivity contribution in [1.82, 2.24) is 4.72 Å². The van der Waals surface area contributed by atoms with E-state index in [1.54, 1.807) is 24.3 Å². The highest BCUT2D eigenvalue weighted by Crippen LogP contribution is 2.17. The lowest BCUT2D eigenvalue weighted by molar-refractivity contribution is 0.313. The molecule has 1 unspecified atom stereocenters. The lowest BCUT2D eigenvalue weighted by Crippen LogP contribution is -2.33. The maximum absolute atomic E-state index is 12.2. The van der Waals surface area contributed by atoms with Gasteiger partial charge in [-0.05, 0) is 56.5 Å².